The van der Waals surface area contributed by atoms with E-state index >= 15 is 0 Å². The van der Waals surface area contributed by atoms with E-state index in [2.05, 4.69) is 113 Å². The Morgan fingerprint density at radius 1 is 0.284 bits per heavy atom. The summed E-state index contributed by atoms with van der Waals surface area (Å²) in [5, 5.41) is 10.6. The number of phosphoric acid groups is 2. The van der Waals surface area contributed by atoms with Gasteiger partial charge in [-0.15, -0.1) is 0 Å². The summed E-state index contributed by atoms with van der Waals surface area (Å²) in [6, 6.07) is 0. The van der Waals surface area contributed by atoms with Gasteiger partial charge in [0.05, 0.1) is 26.4 Å². The highest BCUT2D eigenvalue weighted by Crippen LogP contribution is 2.45. The number of rotatable bonds is 77. The Kier molecular flexibility index (Phi) is 72.7. The standard InChI is InChI=1S/C83H148O17P2/c1-5-9-13-17-21-25-29-33-36-37-38-39-42-44-48-52-56-60-64-68-81(86)94-74-79(100-83(88)70-66-62-58-54-50-46-41-35-31-27-23-19-15-11-7-3)76-98-102(91,92)96-72-77(84)71-95-101(89,90)97-75-78(73-93-80(85)67-63-59-55-51-47-43-32-28-24-20-16-12-8-4)99-82(87)69-65-61-57-53-49-45-40-34-30-26-22-18-14-10-6-2/h9,13,21,25-27,30-31,33,36,38-39,44,48,77-79,84H,5-8,10-12,14-20,22-24,28-29,32,34-35,37,40-43,45-47,49-76H2,1-4H3,(H,89,90)(H,91,92)/b13-9-,25-21-,30-26-,31-27-,36-33-,39-38-,48-44-/t77-,78+,79+/m0/s1. The predicted molar refractivity (Wildman–Crippen MR) is 418 cm³/mol. The van der Waals surface area contributed by atoms with Gasteiger partial charge in [0.25, 0.3) is 0 Å². The fraction of sp³-hybridized carbons (Fsp3) is 0.783. The number of carbonyl (C=O) groups is 4. The van der Waals surface area contributed by atoms with Gasteiger partial charge in [-0.2, -0.15) is 0 Å². The normalized spacial score (nSPS) is 14.3. The van der Waals surface area contributed by atoms with E-state index in [4.69, 9.17) is 37.0 Å². The molecule has 0 amide bonds. The van der Waals surface area contributed by atoms with Crippen LogP contribution < -0.4 is 0 Å². The maximum atomic E-state index is 13.1. The van der Waals surface area contributed by atoms with E-state index in [9.17, 15) is 43.2 Å². The fourth-order valence-corrected chi connectivity index (χ4v) is 12.7. The minimum atomic E-state index is -4.98. The molecule has 0 aromatic carbocycles. The highest BCUT2D eigenvalue weighted by molar-refractivity contribution is 7.47. The van der Waals surface area contributed by atoms with Gasteiger partial charge in [-0.25, -0.2) is 9.13 Å². The minimum Gasteiger partial charge on any atom is -0.462 e. The molecule has 5 atom stereocenters. The van der Waals surface area contributed by atoms with Gasteiger partial charge >= 0.3 is 39.5 Å². The van der Waals surface area contributed by atoms with Crippen molar-refractivity contribution in [3.05, 3.63) is 85.1 Å². The Hall–Kier alpha value is -3.76. The third-order valence-electron chi connectivity index (χ3n) is 17.3. The van der Waals surface area contributed by atoms with Crippen LogP contribution in [0.4, 0.5) is 0 Å². The molecule has 17 nitrogen and oxygen atoms in total. The quantitative estimate of drug-likeness (QED) is 0.0169. The van der Waals surface area contributed by atoms with Crippen molar-refractivity contribution in [2.24, 2.45) is 0 Å². The molecule has 592 valence electrons. The average molecular weight is 1480 g/mol. The highest BCUT2D eigenvalue weighted by atomic mass is 31.2. The molecule has 0 saturated carbocycles. The first-order valence-corrected chi connectivity index (χ1v) is 43.8. The lowest BCUT2D eigenvalue weighted by molar-refractivity contribution is -0.161. The molecule has 3 N–H and O–H groups in total. The van der Waals surface area contributed by atoms with Crippen LogP contribution in [-0.2, 0) is 65.4 Å². The Bertz CT molecular complexity index is 2260. The van der Waals surface area contributed by atoms with Crippen molar-refractivity contribution in [1.29, 1.82) is 0 Å². The molecule has 0 heterocycles. The maximum absolute atomic E-state index is 13.1. The average Bonchev–Trinajstić information content (AvgIpc) is 0.920. The smallest absolute Gasteiger partial charge is 0.462 e. The molecule has 102 heavy (non-hydrogen) atoms. The first kappa shape index (κ1) is 98.2. The Labute approximate surface area is 621 Å². The summed E-state index contributed by atoms with van der Waals surface area (Å²) in [7, 11) is -9.96. The van der Waals surface area contributed by atoms with Crippen molar-refractivity contribution >= 4 is 39.5 Å². The zero-order chi connectivity index (χ0) is 74.6. The molecule has 0 aliphatic heterocycles. The molecule has 0 rings (SSSR count). The van der Waals surface area contributed by atoms with E-state index < -0.39 is 97.5 Å². The number of hydrogen-bond acceptors (Lipinski definition) is 15. The summed E-state index contributed by atoms with van der Waals surface area (Å²) in [5.41, 5.74) is 0. The van der Waals surface area contributed by atoms with Crippen LogP contribution in [0, 0.1) is 0 Å². The zero-order valence-electron chi connectivity index (χ0n) is 64.8. The van der Waals surface area contributed by atoms with Gasteiger partial charge in [0.1, 0.15) is 19.3 Å². The second-order valence-electron chi connectivity index (χ2n) is 27.3. The van der Waals surface area contributed by atoms with Gasteiger partial charge in [0.15, 0.2) is 12.2 Å². The molecule has 0 bridgehead atoms. The van der Waals surface area contributed by atoms with Crippen LogP contribution in [0.15, 0.2) is 85.1 Å². The number of carbonyl (C=O) groups excluding carboxylic acids is 4. The molecule has 2 unspecified atom stereocenters. The Morgan fingerprint density at radius 3 is 0.814 bits per heavy atom. The topological polar surface area (TPSA) is 237 Å². The largest absolute Gasteiger partial charge is 0.472 e. The van der Waals surface area contributed by atoms with Crippen LogP contribution in [0.5, 0.6) is 0 Å². The van der Waals surface area contributed by atoms with Crippen LogP contribution in [0.1, 0.15) is 362 Å². The summed E-state index contributed by atoms with van der Waals surface area (Å²) in [6.07, 6.45) is 78.4. The van der Waals surface area contributed by atoms with Crippen LogP contribution in [0.25, 0.3) is 0 Å². The number of aliphatic hydroxyl groups excluding tert-OH is 1. The van der Waals surface area contributed by atoms with Gasteiger partial charge in [-0.1, -0.05) is 299 Å². The number of phosphoric ester groups is 2. The molecule has 19 heteroatoms. The number of unbranched alkanes of at least 4 members (excludes halogenated alkanes) is 37. The van der Waals surface area contributed by atoms with Gasteiger partial charge in [0.2, 0.25) is 0 Å². The van der Waals surface area contributed by atoms with Gasteiger partial charge < -0.3 is 33.8 Å². The summed E-state index contributed by atoms with van der Waals surface area (Å²) in [6.45, 7) is 4.75. The van der Waals surface area contributed by atoms with E-state index in [1.165, 1.54) is 109 Å². The molecule has 0 spiro atoms. The van der Waals surface area contributed by atoms with E-state index in [1.54, 1.807) is 0 Å². The fourth-order valence-electron chi connectivity index (χ4n) is 11.1. The lowest BCUT2D eigenvalue weighted by Crippen LogP contribution is -2.30. The lowest BCUT2D eigenvalue weighted by atomic mass is 10.0. The number of hydrogen-bond donors (Lipinski definition) is 3. The summed E-state index contributed by atoms with van der Waals surface area (Å²) < 4.78 is 68.6. The Morgan fingerprint density at radius 2 is 0.510 bits per heavy atom. The van der Waals surface area contributed by atoms with E-state index in [0.717, 1.165) is 173 Å². The van der Waals surface area contributed by atoms with Crippen molar-refractivity contribution in [2.45, 2.75) is 380 Å². The third-order valence-corrected chi connectivity index (χ3v) is 19.2. The molecule has 0 aromatic heterocycles. The van der Waals surface area contributed by atoms with Crippen LogP contribution in [-0.4, -0.2) is 96.7 Å². The molecule has 0 fully saturated rings. The van der Waals surface area contributed by atoms with Gasteiger partial charge in [-0.3, -0.25) is 37.3 Å². The van der Waals surface area contributed by atoms with E-state index in [1.807, 2.05) is 0 Å². The number of esters is 4. The van der Waals surface area contributed by atoms with Crippen LogP contribution >= 0.6 is 15.6 Å². The molecular formula is C83H148O17P2. The number of ether oxygens (including phenoxy) is 4. The first-order chi connectivity index (χ1) is 49.7. The maximum Gasteiger partial charge on any atom is 0.472 e. The molecule has 0 aliphatic carbocycles. The molecule has 0 aromatic rings. The van der Waals surface area contributed by atoms with Crippen molar-refractivity contribution in [3.8, 4) is 0 Å². The van der Waals surface area contributed by atoms with E-state index in [-0.39, 0.29) is 25.7 Å². The SMILES string of the molecule is CC/C=C\C/C=C\C/C=C\C/C=C\C/C=C\CCCCCC(=O)OC[C@H](COP(=O)(O)OC[C@@H](O)COP(=O)(O)OC[C@@H](COC(=O)CCCCCCCCCCCCCCC)OC(=O)CCCCCCCCC/C=C\CCCCCC)OC(=O)CCCCCCCCC/C=C\CCCCCC. The molecule has 0 saturated heterocycles. The third kappa shape index (κ3) is 74.5. The second-order valence-corrected chi connectivity index (χ2v) is 30.2. The van der Waals surface area contributed by atoms with Crippen LogP contribution in [0.3, 0.4) is 0 Å². The predicted octanol–water partition coefficient (Wildman–Crippen LogP) is 23.8. The zero-order valence-corrected chi connectivity index (χ0v) is 66.6. The molecule has 0 aliphatic rings. The van der Waals surface area contributed by atoms with Crippen molar-refractivity contribution in [3.63, 3.8) is 0 Å². The minimum absolute atomic E-state index is 0.0838. The van der Waals surface area contributed by atoms with Gasteiger partial charge in [0, 0.05) is 25.7 Å². The van der Waals surface area contributed by atoms with Crippen molar-refractivity contribution in [2.75, 3.05) is 39.6 Å². The summed E-state index contributed by atoms with van der Waals surface area (Å²) >= 11 is 0. The molecular weight excluding hydrogens is 1330 g/mol. The highest BCUT2D eigenvalue weighted by Gasteiger charge is 2.30. The van der Waals surface area contributed by atoms with Crippen LogP contribution in [0.2, 0.25) is 0 Å². The second kappa shape index (κ2) is 75.5. The van der Waals surface area contributed by atoms with Crippen molar-refractivity contribution in [1.82, 2.24) is 0 Å². The van der Waals surface area contributed by atoms with E-state index in [0.29, 0.717) is 25.7 Å². The van der Waals surface area contributed by atoms with Crippen molar-refractivity contribution < 1.29 is 80.2 Å². The Balaban J connectivity index is 5.36. The number of aliphatic hydroxyl groups is 1. The van der Waals surface area contributed by atoms with Gasteiger partial charge in [-0.05, 0) is 122 Å². The molecule has 0 radical (unpaired) electrons. The first-order valence-electron chi connectivity index (χ1n) is 40.8. The summed E-state index contributed by atoms with van der Waals surface area (Å²) in [5.74, 6) is -2.19. The lowest BCUT2D eigenvalue weighted by Gasteiger charge is -2.21. The summed E-state index contributed by atoms with van der Waals surface area (Å²) in [4.78, 5) is 73.0. The number of allylic oxidation sites excluding steroid dienone is 14. The monoisotopic (exact) mass is 1480 g/mol.